The Balaban J connectivity index is 0.000000738. The molecule has 0 radical (unpaired) electrons. The van der Waals surface area contributed by atoms with E-state index in [1.54, 1.807) is 0 Å². The first-order chi connectivity index (χ1) is 22.0. The van der Waals surface area contributed by atoms with Gasteiger partial charge in [0.1, 0.15) is 12.4 Å². The molecular formula is C33H39F3N4O6. The number of hydrogen-bond acceptors (Lipinski definition) is 7. The van der Waals surface area contributed by atoms with Crippen molar-refractivity contribution in [3.63, 3.8) is 0 Å². The molecule has 0 aliphatic carbocycles. The Labute approximate surface area is 265 Å². The summed E-state index contributed by atoms with van der Waals surface area (Å²) in [6.45, 7) is 7.97. The molecule has 3 aromatic carbocycles. The molecule has 1 aliphatic rings. The summed E-state index contributed by atoms with van der Waals surface area (Å²) >= 11 is 0. The quantitative estimate of drug-likeness (QED) is 0.209. The number of carbonyl (C=O) groups excluding carboxylic acids is 2. The first kappa shape index (κ1) is 35.7. The zero-order valence-electron chi connectivity index (χ0n) is 25.7. The number of halogens is 3. The largest absolute Gasteiger partial charge is 0.493 e. The normalized spacial score (nSPS) is 14.4. The second-order valence-corrected chi connectivity index (χ2v) is 10.2. The van der Waals surface area contributed by atoms with Crippen molar-refractivity contribution in [1.82, 2.24) is 16.0 Å². The smallest absolute Gasteiger partial charge is 0.490 e. The minimum absolute atomic E-state index is 0.187. The maximum atomic E-state index is 13.5. The van der Waals surface area contributed by atoms with Gasteiger partial charge in [-0.05, 0) is 42.7 Å². The summed E-state index contributed by atoms with van der Waals surface area (Å²) in [5.74, 6) is -2.16. The minimum atomic E-state index is -5.08. The molecule has 1 atom stereocenters. The summed E-state index contributed by atoms with van der Waals surface area (Å²) in [4.78, 5) is 36.8. The van der Waals surface area contributed by atoms with Gasteiger partial charge >= 0.3 is 18.2 Å². The average Bonchev–Trinajstić information content (AvgIpc) is 3.06. The highest BCUT2D eigenvalue weighted by Crippen LogP contribution is 2.34. The van der Waals surface area contributed by atoms with E-state index in [9.17, 15) is 22.8 Å². The molecule has 0 unspecified atom stereocenters. The highest BCUT2D eigenvalue weighted by atomic mass is 19.4. The van der Waals surface area contributed by atoms with Crippen molar-refractivity contribution in [2.45, 2.75) is 39.1 Å². The number of anilines is 1. The van der Waals surface area contributed by atoms with Gasteiger partial charge in [-0.1, -0.05) is 61.5 Å². The second-order valence-electron chi connectivity index (χ2n) is 10.2. The Morgan fingerprint density at radius 3 is 2.33 bits per heavy atom. The van der Waals surface area contributed by atoms with E-state index in [-0.39, 0.29) is 25.6 Å². The molecule has 13 heteroatoms. The molecule has 3 aromatic rings. The standard InChI is InChI=1S/C31H38N4O4.C2HF3O2/c1-3-25-21-32-18-19-35(25)28-15-14-24(26-12-8-9-13-29(26)38-4-2)20-27(28)30(36)33-16-17-34-31(37)39-22-23-10-6-5-7-11-23;3-2(4,5)1(6)7/h5-15,20,25,32H,3-4,16-19,21-22H2,1-2H3,(H,33,36)(H,34,37);(H,6,7)/t25-;/m1./s1. The van der Waals surface area contributed by atoms with E-state index in [4.69, 9.17) is 19.4 Å². The SMILES string of the molecule is CCOc1ccccc1-c1ccc(N2CCNC[C@H]2CC)c(C(=O)NCCNC(=O)OCc2ccccc2)c1.O=C(O)C(F)(F)F. The maximum Gasteiger partial charge on any atom is 0.490 e. The van der Waals surface area contributed by atoms with E-state index in [2.05, 4.69) is 33.8 Å². The number of carboxylic acids is 1. The van der Waals surface area contributed by atoms with Crippen molar-refractivity contribution in [1.29, 1.82) is 0 Å². The van der Waals surface area contributed by atoms with E-state index in [0.29, 0.717) is 18.2 Å². The van der Waals surface area contributed by atoms with Crippen LogP contribution in [0.4, 0.5) is 23.7 Å². The monoisotopic (exact) mass is 644 g/mol. The summed E-state index contributed by atoms with van der Waals surface area (Å²) in [6, 6.07) is 23.7. The molecule has 10 nitrogen and oxygen atoms in total. The van der Waals surface area contributed by atoms with Gasteiger partial charge in [-0.15, -0.1) is 0 Å². The van der Waals surface area contributed by atoms with Gasteiger partial charge in [0, 0.05) is 50.0 Å². The Morgan fingerprint density at radius 2 is 1.65 bits per heavy atom. The highest BCUT2D eigenvalue weighted by Gasteiger charge is 2.38. The highest BCUT2D eigenvalue weighted by molar-refractivity contribution is 6.01. The number of amides is 2. The number of nitrogens with one attached hydrogen (secondary N) is 3. The van der Waals surface area contributed by atoms with Gasteiger partial charge in [-0.2, -0.15) is 13.2 Å². The average molecular weight is 645 g/mol. The van der Waals surface area contributed by atoms with Gasteiger partial charge in [0.25, 0.3) is 5.91 Å². The number of aliphatic carboxylic acids is 1. The molecule has 2 amide bonds. The van der Waals surface area contributed by atoms with E-state index < -0.39 is 18.2 Å². The number of hydrogen-bond donors (Lipinski definition) is 4. The predicted octanol–water partition coefficient (Wildman–Crippen LogP) is 5.23. The molecule has 0 spiro atoms. The van der Waals surface area contributed by atoms with Gasteiger partial charge < -0.3 is 35.4 Å². The Kier molecular flexibility index (Phi) is 13.7. The molecule has 4 rings (SSSR count). The topological polar surface area (TPSA) is 129 Å². The van der Waals surface area contributed by atoms with Crippen molar-refractivity contribution < 1.29 is 42.1 Å². The van der Waals surface area contributed by atoms with Crippen LogP contribution in [0.1, 0.15) is 36.2 Å². The van der Waals surface area contributed by atoms with Crippen LogP contribution in [0.15, 0.2) is 72.8 Å². The fourth-order valence-corrected chi connectivity index (χ4v) is 4.78. The maximum absolute atomic E-state index is 13.5. The first-order valence-electron chi connectivity index (χ1n) is 14.9. The van der Waals surface area contributed by atoms with Crippen LogP contribution in [0.25, 0.3) is 11.1 Å². The molecule has 1 heterocycles. The number of para-hydroxylation sites is 1. The van der Waals surface area contributed by atoms with Crippen LogP contribution in [-0.2, 0) is 16.1 Å². The number of alkyl halides is 3. The van der Waals surface area contributed by atoms with Gasteiger partial charge in [-0.25, -0.2) is 9.59 Å². The van der Waals surface area contributed by atoms with Crippen molar-refractivity contribution in [3.8, 4) is 16.9 Å². The number of benzene rings is 3. The third-order valence-electron chi connectivity index (χ3n) is 7.01. The molecule has 1 fully saturated rings. The van der Waals surface area contributed by atoms with Crippen LogP contribution in [-0.4, -0.2) is 74.6 Å². The molecule has 0 saturated carbocycles. The van der Waals surface area contributed by atoms with E-state index in [0.717, 1.165) is 54.2 Å². The number of carbonyl (C=O) groups is 3. The third kappa shape index (κ3) is 10.7. The molecule has 0 aromatic heterocycles. The Morgan fingerprint density at radius 1 is 0.978 bits per heavy atom. The number of piperazine rings is 1. The molecule has 1 saturated heterocycles. The minimum Gasteiger partial charge on any atom is -0.493 e. The lowest BCUT2D eigenvalue weighted by Crippen LogP contribution is -2.51. The van der Waals surface area contributed by atoms with Crippen LogP contribution >= 0.6 is 0 Å². The Hall–Kier alpha value is -4.78. The number of alkyl carbamates (subject to hydrolysis) is 1. The molecule has 1 aliphatic heterocycles. The second kappa shape index (κ2) is 17.6. The molecular weight excluding hydrogens is 605 g/mol. The Bertz CT molecular complexity index is 1440. The zero-order valence-corrected chi connectivity index (χ0v) is 25.7. The van der Waals surface area contributed by atoms with Gasteiger partial charge in [0.2, 0.25) is 0 Å². The van der Waals surface area contributed by atoms with Crippen LogP contribution < -0.4 is 25.6 Å². The fourth-order valence-electron chi connectivity index (χ4n) is 4.78. The van der Waals surface area contributed by atoms with Crippen molar-refractivity contribution in [2.24, 2.45) is 0 Å². The van der Waals surface area contributed by atoms with Crippen molar-refractivity contribution >= 4 is 23.7 Å². The molecule has 46 heavy (non-hydrogen) atoms. The predicted molar refractivity (Wildman–Crippen MR) is 168 cm³/mol. The number of nitrogens with zero attached hydrogens (tertiary/aromatic N) is 1. The number of ether oxygens (including phenoxy) is 2. The van der Waals surface area contributed by atoms with E-state index in [1.165, 1.54) is 0 Å². The summed E-state index contributed by atoms with van der Waals surface area (Å²) in [5.41, 5.74) is 4.28. The summed E-state index contributed by atoms with van der Waals surface area (Å²) in [7, 11) is 0. The van der Waals surface area contributed by atoms with Crippen LogP contribution in [0.3, 0.4) is 0 Å². The van der Waals surface area contributed by atoms with Crippen LogP contribution in [0.2, 0.25) is 0 Å². The van der Waals surface area contributed by atoms with Gasteiger partial charge in [0.15, 0.2) is 0 Å². The number of carboxylic acid groups (broad SMARTS) is 1. The lowest BCUT2D eigenvalue weighted by Gasteiger charge is -2.38. The van der Waals surface area contributed by atoms with Crippen molar-refractivity contribution in [2.75, 3.05) is 44.2 Å². The van der Waals surface area contributed by atoms with Gasteiger partial charge in [0.05, 0.1) is 12.2 Å². The molecule has 0 bridgehead atoms. The summed E-state index contributed by atoms with van der Waals surface area (Å²) in [5, 5.41) is 16.3. The zero-order chi connectivity index (χ0) is 33.5. The lowest BCUT2D eigenvalue weighted by atomic mass is 9.98. The summed E-state index contributed by atoms with van der Waals surface area (Å²) in [6.07, 6.45) is -4.63. The summed E-state index contributed by atoms with van der Waals surface area (Å²) < 4.78 is 42.8. The first-order valence-corrected chi connectivity index (χ1v) is 14.9. The van der Waals surface area contributed by atoms with E-state index in [1.807, 2.05) is 73.7 Å². The lowest BCUT2D eigenvalue weighted by molar-refractivity contribution is -0.192. The number of rotatable bonds is 11. The van der Waals surface area contributed by atoms with Crippen LogP contribution in [0, 0.1) is 0 Å². The third-order valence-corrected chi connectivity index (χ3v) is 7.01. The molecule has 4 N–H and O–H groups in total. The van der Waals surface area contributed by atoms with Crippen molar-refractivity contribution in [3.05, 3.63) is 83.9 Å². The molecule has 248 valence electrons. The van der Waals surface area contributed by atoms with Gasteiger partial charge in [-0.3, -0.25) is 4.79 Å². The van der Waals surface area contributed by atoms with Crippen LogP contribution in [0.5, 0.6) is 5.75 Å². The van der Waals surface area contributed by atoms with E-state index >= 15 is 0 Å². The fraction of sp³-hybridized carbons (Fsp3) is 0.364.